The minimum Gasteiger partial charge on any atom is -0.0848 e. The van der Waals surface area contributed by atoms with Crippen molar-refractivity contribution in [1.82, 2.24) is 0 Å². The van der Waals surface area contributed by atoms with Crippen LogP contribution in [0.3, 0.4) is 0 Å². The molecule has 0 N–H and O–H groups in total. The van der Waals surface area contributed by atoms with Gasteiger partial charge in [-0.15, -0.1) is 0 Å². The van der Waals surface area contributed by atoms with E-state index in [9.17, 15) is 0 Å². The maximum absolute atomic E-state index is 2.65. The molecule has 0 bridgehead atoms. The topological polar surface area (TPSA) is 0 Å². The van der Waals surface area contributed by atoms with Crippen LogP contribution in [-0.2, 0) is 0 Å². The molecule has 0 saturated heterocycles. The minimum atomic E-state index is 0.451. The molecule has 0 aliphatic carbocycles. The molecule has 0 aromatic heterocycles. The first-order valence-corrected chi connectivity index (χ1v) is 12.4. The lowest BCUT2D eigenvalue weighted by atomic mass is 9.64. The fourth-order valence-electron chi connectivity index (χ4n) is 4.59. The highest BCUT2D eigenvalue weighted by molar-refractivity contribution is 5.04. The van der Waals surface area contributed by atoms with E-state index < -0.39 is 0 Å². The molecule has 27 heavy (non-hydrogen) atoms. The summed E-state index contributed by atoms with van der Waals surface area (Å²) in [5.74, 6) is 3.32. The highest BCUT2D eigenvalue weighted by atomic mass is 14.4. The van der Waals surface area contributed by atoms with Crippen LogP contribution in [0.2, 0.25) is 0 Å². The van der Waals surface area contributed by atoms with Crippen molar-refractivity contribution in [2.75, 3.05) is 0 Å². The van der Waals surface area contributed by atoms with E-state index in [-0.39, 0.29) is 0 Å². The Bertz CT molecular complexity index is 371. The Morgan fingerprint density at radius 1 is 0.852 bits per heavy atom. The molecule has 0 heteroatoms. The molecule has 0 aromatic rings. The van der Waals surface area contributed by atoms with Crippen LogP contribution in [0.15, 0.2) is 11.6 Å². The lowest BCUT2D eigenvalue weighted by molar-refractivity contribution is 0.0948. The average molecular weight is 379 g/mol. The van der Waals surface area contributed by atoms with E-state index in [4.69, 9.17) is 0 Å². The van der Waals surface area contributed by atoms with Crippen LogP contribution in [0.1, 0.15) is 133 Å². The monoisotopic (exact) mass is 378 g/mol. The highest BCUT2D eigenvalue weighted by Crippen LogP contribution is 2.44. The zero-order valence-electron chi connectivity index (χ0n) is 20.7. The van der Waals surface area contributed by atoms with Gasteiger partial charge in [0.25, 0.3) is 0 Å². The van der Waals surface area contributed by atoms with Crippen molar-refractivity contribution in [2.24, 2.45) is 29.1 Å². The van der Waals surface area contributed by atoms with Crippen molar-refractivity contribution in [2.45, 2.75) is 133 Å². The minimum absolute atomic E-state index is 0.451. The maximum Gasteiger partial charge on any atom is -0.0263 e. The largest absolute Gasteiger partial charge is 0.0848 e. The summed E-state index contributed by atoms with van der Waals surface area (Å²) in [6.07, 6.45) is 17.3. The van der Waals surface area contributed by atoms with E-state index >= 15 is 0 Å². The van der Waals surface area contributed by atoms with E-state index in [0.717, 1.165) is 23.7 Å². The number of allylic oxidation sites excluding steroid dienone is 2. The molecule has 162 valence electrons. The Labute approximate surface area is 174 Å². The Kier molecular flexibility index (Phi) is 14.6. The van der Waals surface area contributed by atoms with Gasteiger partial charge in [-0.05, 0) is 54.8 Å². The second-order valence-electron chi connectivity index (χ2n) is 10.0. The second-order valence-corrected chi connectivity index (χ2v) is 10.0. The van der Waals surface area contributed by atoms with Crippen LogP contribution >= 0.6 is 0 Å². The Morgan fingerprint density at radius 2 is 1.44 bits per heavy atom. The van der Waals surface area contributed by atoms with Crippen molar-refractivity contribution in [3.05, 3.63) is 11.6 Å². The van der Waals surface area contributed by atoms with Gasteiger partial charge < -0.3 is 0 Å². The van der Waals surface area contributed by atoms with Gasteiger partial charge in [0.05, 0.1) is 0 Å². The Hall–Kier alpha value is -0.260. The van der Waals surface area contributed by atoms with Gasteiger partial charge in [-0.1, -0.05) is 119 Å². The van der Waals surface area contributed by atoms with Crippen molar-refractivity contribution in [1.29, 1.82) is 0 Å². The summed E-state index contributed by atoms with van der Waals surface area (Å²) in [5, 5.41) is 0. The summed E-state index contributed by atoms with van der Waals surface area (Å²) in [6.45, 7) is 22.0. The molecule has 0 amide bonds. The molecule has 0 aliphatic heterocycles. The molecule has 0 aromatic carbocycles. The smallest absolute Gasteiger partial charge is 0.0263 e. The van der Waals surface area contributed by atoms with Crippen molar-refractivity contribution in [3.63, 3.8) is 0 Å². The highest BCUT2D eigenvalue weighted by Gasteiger charge is 2.35. The van der Waals surface area contributed by atoms with Gasteiger partial charge in [0.1, 0.15) is 0 Å². The third-order valence-corrected chi connectivity index (χ3v) is 7.70. The van der Waals surface area contributed by atoms with Crippen LogP contribution in [-0.4, -0.2) is 0 Å². The number of hydrogen-bond acceptors (Lipinski definition) is 0. The standard InChI is InChI=1S/C27H54/c1-10-14-20-27(9,21-19-26(15-11-2)16-12-3)25(8)24(7)23(6)18-17-22(5)13-4/h19,22-25H,10-18,20-21H2,1-9H3. The summed E-state index contributed by atoms with van der Waals surface area (Å²) in [5.41, 5.74) is 2.17. The van der Waals surface area contributed by atoms with Gasteiger partial charge in [0, 0.05) is 0 Å². The SMILES string of the molecule is CCCCC(C)(CC=C(CCC)CCC)C(C)C(C)C(C)CCC(C)CC. The maximum atomic E-state index is 2.65. The molecule has 0 radical (unpaired) electrons. The normalized spacial score (nSPS) is 18.4. The van der Waals surface area contributed by atoms with E-state index in [1.807, 2.05) is 0 Å². The second kappa shape index (κ2) is 14.7. The molecule has 0 rings (SSSR count). The zero-order valence-corrected chi connectivity index (χ0v) is 20.7. The molecule has 0 spiro atoms. The predicted octanol–water partition coefficient (Wildman–Crippen LogP) is 9.83. The third-order valence-electron chi connectivity index (χ3n) is 7.70. The fraction of sp³-hybridized carbons (Fsp3) is 0.926. The van der Waals surface area contributed by atoms with Gasteiger partial charge in [0.15, 0.2) is 0 Å². The summed E-state index contributed by atoms with van der Waals surface area (Å²) < 4.78 is 0. The first-order valence-electron chi connectivity index (χ1n) is 12.4. The predicted molar refractivity (Wildman–Crippen MR) is 126 cm³/mol. The van der Waals surface area contributed by atoms with E-state index in [0.29, 0.717) is 5.41 Å². The molecule has 0 heterocycles. The van der Waals surface area contributed by atoms with E-state index in [2.05, 4.69) is 68.4 Å². The third kappa shape index (κ3) is 10.2. The lowest BCUT2D eigenvalue weighted by Crippen LogP contribution is -2.33. The van der Waals surface area contributed by atoms with Crippen molar-refractivity contribution >= 4 is 0 Å². The first kappa shape index (κ1) is 26.7. The zero-order chi connectivity index (χ0) is 20.9. The van der Waals surface area contributed by atoms with Crippen LogP contribution < -0.4 is 0 Å². The van der Waals surface area contributed by atoms with Gasteiger partial charge >= 0.3 is 0 Å². The molecule has 0 saturated carbocycles. The van der Waals surface area contributed by atoms with Crippen molar-refractivity contribution in [3.8, 4) is 0 Å². The summed E-state index contributed by atoms with van der Waals surface area (Å²) in [4.78, 5) is 0. The molecule has 5 unspecified atom stereocenters. The summed E-state index contributed by atoms with van der Waals surface area (Å²) >= 11 is 0. The van der Waals surface area contributed by atoms with Crippen molar-refractivity contribution < 1.29 is 0 Å². The lowest BCUT2D eigenvalue weighted by Gasteiger charge is -2.41. The van der Waals surface area contributed by atoms with Crippen LogP contribution in [0.4, 0.5) is 0 Å². The Morgan fingerprint density at radius 3 is 1.93 bits per heavy atom. The summed E-state index contributed by atoms with van der Waals surface area (Å²) in [6, 6.07) is 0. The summed E-state index contributed by atoms with van der Waals surface area (Å²) in [7, 11) is 0. The number of hydrogen-bond donors (Lipinski definition) is 0. The van der Waals surface area contributed by atoms with Crippen LogP contribution in [0, 0.1) is 29.1 Å². The van der Waals surface area contributed by atoms with Gasteiger partial charge in [-0.2, -0.15) is 0 Å². The Balaban J connectivity index is 5.17. The molecule has 5 atom stereocenters. The van der Waals surface area contributed by atoms with Crippen LogP contribution in [0.5, 0.6) is 0 Å². The number of unbranched alkanes of at least 4 members (excludes halogenated alkanes) is 1. The average Bonchev–Trinajstić information content (AvgIpc) is 2.67. The van der Waals surface area contributed by atoms with Gasteiger partial charge in [-0.25, -0.2) is 0 Å². The molecular weight excluding hydrogens is 324 g/mol. The molecular formula is C27H54. The quantitative estimate of drug-likeness (QED) is 0.234. The number of rotatable bonds is 16. The van der Waals surface area contributed by atoms with Gasteiger partial charge in [-0.3, -0.25) is 0 Å². The van der Waals surface area contributed by atoms with Crippen LogP contribution in [0.25, 0.3) is 0 Å². The molecule has 0 aliphatic rings. The van der Waals surface area contributed by atoms with E-state index in [1.165, 1.54) is 70.6 Å². The van der Waals surface area contributed by atoms with Gasteiger partial charge in [0.2, 0.25) is 0 Å². The fourth-order valence-corrected chi connectivity index (χ4v) is 4.59. The van der Waals surface area contributed by atoms with E-state index in [1.54, 1.807) is 5.57 Å². The molecule has 0 fully saturated rings. The molecule has 0 nitrogen and oxygen atoms in total. The first-order chi connectivity index (χ1) is 12.7.